The number of benzene rings is 2. The first-order valence-electron chi connectivity index (χ1n) is 8.19. The topological polar surface area (TPSA) is 72.5 Å². The van der Waals surface area contributed by atoms with Gasteiger partial charge in [0, 0.05) is 10.9 Å². The number of thiophene rings is 1. The maximum absolute atomic E-state index is 13.2. The summed E-state index contributed by atoms with van der Waals surface area (Å²) in [6.07, 6.45) is 0. The van der Waals surface area contributed by atoms with Crippen LogP contribution in [0.3, 0.4) is 0 Å². The van der Waals surface area contributed by atoms with Gasteiger partial charge in [-0.25, -0.2) is 13.2 Å². The van der Waals surface area contributed by atoms with Crippen molar-refractivity contribution in [3.05, 3.63) is 69.9 Å². The highest BCUT2D eigenvalue weighted by Gasteiger charge is 2.30. The number of hydrogen-bond donors (Lipinski definition) is 1. The summed E-state index contributed by atoms with van der Waals surface area (Å²) in [6.45, 7) is 3.77. The molecule has 0 aliphatic heterocycles. The largest absolute Gasteiger partial charge is 0.465 e. The molecule has 0 unspecified atom stereocenters. The molecule has 0 aliphatic carbocycles. The van der Waals surface area contributed by atoms with Crippen molar-refractivity contribution < 1.29 is 17.9 Å². The van der Waals surface area contributed by atoms with Gasteiger partial charge in [-0.05, 0) is 31.0 Å². The molecule has 1 N–H and O–H groups in total. The summed E-state index contributed by atoms with van der Waals surface area (Å²) in [5, 5.41) is 1.66. The maximum Gasteiger partial charge on any atom is 0.349 e. The second-order valence-corrected chi connectivity index (χ2v) is 8.59. The van der Waals surface area contributed by atoms with Crippen molar-refractivity contribution in [2.75, 3.05) is 11.8 Å². The molecule has 5 nitrogen and oxygen atoms in total. The van der Waals surface area contributed by atoms with Crippen LogP contribution in [0.2, 0.25) is 0 Å². The van der Waals surface area contributed by atoms with Crippen molar-refractivity contribution in [2.45, 2.75) is 18.7 Å². The van der Waals surface area contributed by atoms with Crippen molar-refractivity contribution in [1.29, 1.82) is 0 Å². The van der Waals surface area contributed by atoms with Crippen molar-refractivity contribution in [3.8, 4) is 11.1 Å². The van der Waals surface area contributed by atoms with Gasteiger partial charge in [-0.2, -0.15) is 0 Å². The lowest BCUT2D eigenvalue weighted by atomic mass is 10.1. The van der Waals surface area contributed by atoms with E-state index in [1.165, 1.54) is 7.11 Å². The zero-order valence-corrected chi connectivity index (χ0v) is 16.8. The van der Waals surface area contributed by atoms with Gasteiger partial charge in [0.2, 0.25) is 0 Å². The Hall–Kier alpha value is -2.64. The Morgan fingerprint density at radius 3 is 2.41 bits per heavy atom. The number of hydrogen-bond acceptors (Lipinski definition) is 5. The van der Waals surface area contributed by atoms with Crippen LogP contribution < -0.4 is 4.72 Å². The summed E-state index contributed by atoms with van der Waals surface area (Å²) in [5.74, 6) is -0.678. The molecular weight excluding hydrogens is 382 g/mol. The van der Waals surface area contributed by atoms with Gasteiger partial charge in [-0.1, -0.05) is 48.0 Å². The molecule has 0 aliphatic rings. The van der Waals surface area contributed by atoms with Crippen LogP contribution in [-0.4, -0.2) is 21.5 Å². The second kappa shape index (κ2) is 7.54. The number of rotatable bonds is 5. The fourth-order valence-corrected chi connectivity index (χ4v) is 5.64. The van der Waals surface area contributed by atoms with Crippen molar-refractivity contribution >= 4 is 33.0 Å². The third-order valence-electron chi connectivity index (χ3n) is 4.10. The van der Waals surface area contributed by atoms with E-state index in [0.717, 1.165) is 22.5 Å². The molecule has 0 bridgehead atoms. The van der Waals surface area contributed by atoms with Gasteiger partial charge in [0.25, 0.3) is 10.0 Å². The monoisotopic (exact) mass is 401 g/mol. The number of carbonyl (C=O) groups excluding carboxylic acids is 1. The number of esters is 1. The highest BCUT2D eigenvalue weighted by molar-refractivity contribution is 7.93. The number of ether oxygens (including phenoxy) is 1. The lowest BCUT2D eigenvalue weighted by molar-refractivity contribution is 0.0602. The van der Waals surface area contributed by atoms with Gasteiger partial charge in [0.1, 0.15) is 9.77 Å². The fourth-order valence-electron chi connectivity index (χ4n) is 2.79. The van der Waals surface area contributed by atoms with Gasteiger partial charge in [-0.3, -0.25) is 4.72 Å². The Morgan fingerprint density at radius 2 is 1.78 bits per heavy atom. The molecule has 0 saturated heterocycles. The first-order chi connectivity index (χ1) is 12.8. The molecule has 140 valence electrons. The van der Waals surface area contributed by atoms with E-state index in [9.17, 15) is 13.2 Å². The van der Waals surface area contributed by atoms with E-state index < -0.39 is 16.0 Å². The summed E-state index contributed by atoms with van der Waals surface area (Å²) < 4.78 is 33.9. The third-order valence-corrected chi connectivity index (χ3v) is 6.64. The molecule has 2 aromatic carbocycles. The predicted octanol–water partition coefficient (Wildman–Crippen LogP) is 4.62. The van der Waals surface area contributed by atoms with Crippen LogP contribution in [0.4, 0.5) is 5.69 Å². The second-order valence-electron chi connectivity index (χ2n) is 6.09. The summed E-state index contributed by atoms with van der Waals surface area (Å²) in [6, 6.07) is 14.5. The van der Waals surface area contributed by atoms with Crippen LogP contribution in [0, 0.1) is 13.8 Å². The molecule has 0 amide bonds. The van der Waals surface area contributed by atoms with Crippen LogP contribution in [0.25, 0.3) is 11.1 Å². The van der Waals surface area contributed by atoms with Gasteiger partial charge >= 0.3 is 5.97 Å². The van der Waals surface area contributed by atoms with Crippen molar-refractivity contribution in [2.24, 2.45) is 0 Å². The lowest BCUT2D eigenvalue weighted by Gasteiger charge is -2.13. The molecule has 7 heteroatoms. The standard InChI is InChI=1S/C20H19NO4S2/c1-13-9-10-17(14(2)11-13)21-27(23,24)19-16(15-7-5-4-6-8-15)12-26-18(19)20(22)25-3/h4-12,21H,1-3H3. The van der Waals surface area contributed by atoms with E-state index in [1.54, 1.807) is 23.6 Å². The van der Waals surface area contributed by atoms with Gasteiger partial charge in [-0.15, -0.1) is 11.3 Å². The minimum Gasteiger partial charge on any atom is -0.465 e. The van der Waals surface area contributed by atoms with Crippen molar-refractivity contribution in [3.63, 3.8) is 0 Å². The van der Waals surface area contributed by atoms with Gasteiger partial charge in [0.05, 0.1) is 12.8 Å². The minimum absolute atomic E-state index is 0.0496. The Kier molecular flexibility index (Phi) is 5.34. The molecule has 0 atom stereocenters. The summed E-state index contributed by atoms with van der Waals surface area (Å²) in [5.41, 5.74) is 3.49. The highest BCUT2D eigenvalue weighted by Crippen LogP contribution is 2.37. The smallest absolute Gasteiger partial charge is 0.349 e. The molecule has 0 radical (unpaired) electrons. The molecule has 3 aromatic rings. The summed E-state index contributed by atoms with van der Waals surface area (Å²) >= 11 is 1.05. The van der Waals surface area contributed by atoms with E-state index in [4.69, 9.17) is 4.74 Å². The average molecular weight is 402 g/mol. The van der Waals surface area contributed by atoms with Crippen LogP contribution in [0.1, 0.15) is 20.8 Å². The van der Waals surface area contributed by atoms with E-state index in [1.807, 2.05) is 44.2 Å². The Morgan fingerprint density at radius 1 is 1.07 bits per heavy atom. The third kappa shape index (κ3) is 3.89. The zero-order chi connectivity index (χ0) is 19.6. The SMILES string of the molecule is COC(=O)c1scc(-c2ccccc2)c1S(=O)(=O)Nc1ccc(C)cc1C. The van der Waals surface area contributed by atoms with E-state index in [-0.39, 0.29) is 9.77 Å². The fraction of sp³-hybridized carbons (Fsp3) is 0.150. The quantitative estimate of drug-likeness (QED) is 0.633. The van der Waals surface area contributed by atoms with Crippen LogP contribution in [-0.2, 0) is 14.8 Å². The first-order valence-corrected chi connectivity index (χ1v) is 10.5. The Labute approximate surface area is 162 Å². The predicted molar refractivity (Wildman–Crippen MR) is 108 cm³/mol. The highest BCUT2D eigenvalue weighted by atomic mass is 32.2. The molecular formula is C20H19NO4S2. The minimum atomic E-state index is -4.01. The van der Waals surface area contributed by atoms with E-state index in [0.29, 0.717) is 16.8 Å². The Bertz CT molecular complexity index is 1090. The first kappa shape index (κ1) is 19.1. The molecule has 0 saturated carbocycles. The van der Waals surface area contributed by atoms with E-state index in [2.05, 4.69) is 4.72 Å². The van der Waals surface area contributed by atoms with Crippen molar-refractivity contribution in [1.82, 2.24) is 0 Å². The number of nitrogens with one attached hydrogen (secondary N) is 1. The van der Waals surface area contributed by atoms with Crippen LogP contribution in [0.15, 0.2) is 58.8 Å². The average Bonchev–Trinajstić information content (AvgIpc) is 3.10. The summed E-state index contributed by atoms with van der Waals surface area (Å²) in [4.78, 5) is 12.2. The van der Waals surface area contributed by atoms with Crippen LogP contribution in [0.5, 0.6) is 0 Å². The number of carbonyl (C=O) groups is 1. The zero-order valence-electron chi connectivity index (χ0n) is 15.1. The van der Waals surface area contributed by atoms with Crippen LogP contribution >= 0.6 is 11.3 Å². The number of sulfonamides is 1. The molecule has 0 spiro atoms. The molecule has 0 fully saturated rings. The van der Waals surface area contributed by atoms with Gasteiger partial charge in [0.15, 0.2) is 0 Å². The number of anilines is 1. The maximum atomic E-state index is 13.2. The summed E-state index contributed by atoms with van der Waals surface area (Å²) in [7, 11) is -2.78. The molecule has 3 rings (SSSR count). The van der Waals surface area contributed by atoms with E-state index >= 15 is 0 Å². The number of aryl methyl sites for hydroxylation is 2. The lowest BCUT2D eigenvalue weighted by Crippen LogP contribution is -2.17. The molecule has 27 heavy (non-hydrogen) atoms. The van der Waals surface area contributed by atoms with Gasteiger partial charge < -0.3 is 4.74 Å². The normalized spacial score (nSPS) is 11.2. The molecule has 1 aromatic heterocycles. The number of methoxy groups -OCH3 is 1. The Balaban J connectivity index is 2.15. The molecule has 1 heterocycles.